The van der Waals surface area contributed by atoms with Crippen molar-refractivity contribution in [3.63, 3.8) is 0 Å². The van der Waals surface area contributed by atoms with Crippen LogP contribution in [0.4, 0.5) is 8.78 Å². The van der Waals surface area contributed by atoms with E-state index < -0.39 is 0 Å². The highest BCUT2D eigenvalue weighted by atomic mass is 79.9. The summed E-state index contributed by atoms with van der Waals surface area (Å²) in [5.41, 5.74) is 1.78. The summed E-state index contributed by atoms with van der Waals surface area (Å²) in [6.45, 7) is 0. The smallest absolute Gasteiger partial charge is 0.123 e. The monoisotopic (exact) mass is 425 g/mol. The van der Waals surface area contributed by atoms with Crippen molar-refractivity contribution >= 4 is 44.0 Å². The second kappa shape index (κ2) is 10.0. The van der Waals surface area contributed by atoms with Crippen LogP contribution in [0.3, 0.4) is 0 Å². The number of hydrogen-bond donors (Lipinski definition) is 0. The van der Waals surface area contributed by atoms with Crippen LogP contribution in [0.2, 0.25) is 0 Å². The molecule has 5 heteroatoms. The number of allylic oxidation sites excluding steroid dienone is 1. The molecule has 0 spiro atoms. The third kappa shape index (κ3) is 7.87. The molecule has 2 aromatic carbocycles. The van der Waals surface area contributed by atoms with Gasteiger partial charge in [-0.1, -0.05) is 24.3 Å². The molecular weight excluding hydrogens is 416 g/mol. The van der Waals surface area contributed by atoms with Crippen LogP contribution < -0.4 is 0 Å². The summed E-state index contributed by atoms with van der Waals surface area (Å²) in [5.74, 6) is -0.480. The SMILES string of the molecule is Fc1ccc(C=C(Br)Br)cc1.N#CC=Cc1ccc(F)cc1. The van der Waals surface area contributed by atoms with Gasteiger partial charge in [0.25, 0.3) is 0 Å². The Kier molecular flexibility index (Phi) is 8.34. The molecule has 0 aliphatic carbocycles. The fourth-order valence-electron chi connectivity index (χ4n) is 1.39. The zero-order chi connectivity index (χ0) is 16.4. The highest BCUT2D eigenvalue weighted by Crippen LogP contribution is 2.17. The van der Waals surface area contributed by atoms with Crippen LogP contribution in [0.15, 0.2) is 58.0 Å². The second-order valence-corrected chi connectivity index (χ2v) is 6.77. The van der Waals surface area contributed by atoms with Gasteiger partial charge in [0.15, 0.2) is 0 Å². The second-order valence-electron chi connectivity index (χ2n) is 4.00. The van der Waals surface area contributed by atoms with Crippen molar-refractivity contribution in [2.75, 3.05) is 0 Å². The van der Waals surface area contributed by atoms with Crippen LogP contribution in [0, 0.1) is 23.0 Å². The van der Waals surface area contributed by atoms with Crippen molar-refractivity contribution in [3.8, 4) is 6.07 Å². The fourth-order valence-corrected chi connectivity index (χ4v) is 1.92. The third-order valence-corrected chi connectivity index (χ3v) is 2.82. The maximum absolute atomic E-state index is 12.4. The van der Waals surface area contributed by atoms with E-state index >= 15 is 0 Å². The minimum absolute atomic E-state index is 0.215. The number of benzene rings is 2. The first kappa shape index (κ1) is 18.3. The molecule has 2 rings (SSSR count). The molecule has 0 saturated heterocycles. The fraction of sp³-hybridized carbons (Fsp3) is 0. The van der Waals surface area contributed by atoms with Crippen molar-refractivity contribution in [1.29, 1.82) is 5.26 Å². The summed E-state index contributed by atoms with van der Waals surface area (Å²) in [7, 11) is 0. The predicted molar refractivity (Wildman–Crippen MR) is 93.3 cm³/mol. The van der Waals surface area contributed by atoms with E-state index in [0.29, 0.717) is 0 Å². The highest BCUT2D eigenvalue weighted by molar-refractivity contribution is 9.28. The number of nitriles is 1. The van der Waals surface area contributed by atoms with Crippen molar-refractivity contribution in [2.45, 2.75) is 0 Å². The summed E-state index contributed by atoms with van der Waals surface area (Å²) in [4.78, 5) is 0. The normalized spacial score (nSPS) is 9.59. The molecule has 0 heterocycles. The van der Waals surface area contributed by atoms with Crippen LogP contribution in [-0.4, -0.2) is 0 Å². The molecule has 0 aliphatic heterocycles. The van der Waals surface area contributed by atoms with E-state index in [1.807, 2.05) is 12.1 Å². The average molecular weight is 427 g/mol. The first-order valence-electron chi connectivity index (χ1n) is 6.11. The third-order valence-electron chi connectivity index (χ3n) is 2.37. The van der Waals surface area contributed by atoms with Gasteiger partial charge in [-0.25, -0.2) is 8.78 Å². The summed E-state index contributed by atoms with van der Waals surface area (Å²) in [5, 5.41) is 8.17. The van der Waals surface area contributed by atoms with Gasteiger partial charge in [-0.15, -0.1) is 0 Å². The minimum atomic E-state index is -0.265. The molecule has 112 valence electrons. The minimum Gasteiger partial charge on any atom is -0.207 e. The predicted octanol–water partition coefficient (Wildman–Crippen LogP) is 6.28. The lowest BCUT2D eigenvalue weighted by atomic mass is 10.2. The molecule has 0 saturated carbocycles. The Balaban J connectivity index is 0.000000220. The van der Waals surface area contributed by atoms with Gasteiger partial charge in [-0.05, 0) is 79.4 Å². The van der Waals surface area contributed by atoms with Crippen molar-refractivity contribution < 1.29 is 8.78 Å². The maximum Gasteiger partial charge on any atom is 0.123 e. The van der Waals surface area contributed by atoms with E-state index in [1.54, 1.807) is 30.3 Å². The van der Waals surface area contributed by atoms with Gasteiger partial charge >= 0.3 is 0 Å². The lowest BCUT2D eigenvalue weighted by Gasteiger charge is -1.91. The molecule has 22 heavy (non-hydrogen) atoms. The molecule has 0 aromatic heterocycles. The maximum atomic E-state index is 12.4. The molecule has 0 bridgehead atoms. The van der Waals surface area contributed by atoms with Crippen LogP contribution >= 0.6 is 31.9 Å². The van der Waals surface area contributed by atoms with E-state index in [9.17, 15) is 8.78 Å². The van der Waals surface area contributed by atoms with Crippen LogP contribution in [0.1, 0.15) is 11.1 Å². The lowest BCUT2D eigenvalue weighted by molar-refractivity contribution is 0.627. The van der Waals surface area contributed by atoms with E-state index in [1.165, 1.54) is 30.3 Å². The van der Waals surface area contributed by atoms with Crippen LogP contribution in [-0.2, 0) is 0 Å². The topological polar surface area (TPSA) is 23.8 Å². The highest BCUT2D eigenvalue weighted by Gasteiger charge is 1.90. The molecule has 0 amide bonds. The Morgan fingerprint density at radius 2 is 1.32 bits per heavy atom. The van der Waals surface area contributed by atoms with Gasteiger partial charge in [0.2, 0.25) is 0 Å². The Morgan fingerprint density at radius 1 is 0.864 bits per heavy atom. The van der Waals surface area contributed by atoms with E-state index in [0.717, 1.165) is 14.5 Å². The molecular formula is C17H11Br2F2N. The number of nitrogens with zero attached hydrogens (tertiary/aromatic N) is 1. The Bertz CT molecular complexity index is 680. The molecule has 0 aliphatic rings. The Hall–Kier alpha value is -1.77. The van der Waals surface area contributed by atoms with Gasteiger partial charge in [0, 0.05) is 6.08 Å². The van der Waals surface area contributed by atoms with E-state index in [2.05, 4.69) is 31.9 Å². The number of halogens is 4. The molecule has 0 unspecified atom stereocenters. The van der Waals surface area contributed by atoms with Gasteiger partial charge in [-0.2, -0.15) is 5.26 Å². The van der Waals surface area contributed by atoms with Crippen LogP contribution in [0.25, 0.3) is 12.2 Å². The van der Waals surface area contributed by atoms with Crippen LogP contribution in [0.5, 0.6) is 0 Å². The van der Waals surface area contributed by atoms with Gasteiger partial charge in [0.05, 0.1) is 9.46 Å². The van der Waals surface area contributed by atoms with Crippen molar-refractivity contribution in [2.24, 2.45) is 0 Å². The average Bonchev–Trinajstić information content (AvgIpc) is 2.49. The van der Waals surface area contributed by atoms with E-state index in [4.69, 9.17) is 5.26 Å². The first-order chi connectivity index (χ1) is 10.5. The van der Waals surface area contributed by atoms with Gasteiger partial charge in [0.1, 0.15) is 11.6 Å². The molecule has 1 nitrogen and oxygen atoms in total. The molecule has 0 N–H and O–H groups in total. The van der Waals surface area contributed by atoms with E-state index in [-0.39, 0.29) is 11.6 Å². The van der Waals surface area contributed by atoms with Crippen molar-refractivity contribution in [1.82, 2.24) is 0 Å². The summed E-state index contributed by atoms with van der Waals surface area (Å²) in [6, 6.07) is 14.1. The van der Waals surface area contributed by atoms with Crippen molar-refractivity contribution in [3.05, 3.63) is 80.8 Å². The quantitative estimate of drug-likeness (QED) is 0.518. The summed E-state index contributed by atoms with van der Waals surface area (Å²) < 4.78 is 25.5. The standard InChI is InChI=1S/C9H6FN.C8H5Br2F/c10-9-5-3-8(4-6-9)2-1-7-11;9-8(10)5-6-1-3-7(11)4-2-6/h1-6H;1-5H. The lowest BCUT2D eigenvalue weighted by Crippen LogP contribution is -1.73. The zero-order valence-corrected chi connectivity index (χ0v) is 14.5. The zero-order valence-electron chi connectivity index (χ0n) is 11.3. The molecule has 0 radical (unpaired) electrons. The summed E-state index contributed by atoms with van der Waals surface area (Å²) >= 11 is 6.43. The number of rotatable bonds is 2. The first-order valence-corrected chi connectivity index (χ1v) is 7.70. The Labute approximate surface area is 144 Å². The Morgan fingerprint density at radius 3 is 1.73 bits per heavy atom. The number of hydrogen-bond acceptors (Lipinski definition) is 1. The molecule has 0 atom stereocenters. The van der Waals surface area contributed by atoms with Gasteiger partial charge in [-0.3, -0.25) is 0 Å². The molecule has 2 aromatic rings. The molecule has 0 fully saturated rings. The largest absolute Gasteiger partial charge is 0.207 e. The van der Waals surface area contributed by atoms with Gasteiger partial charge < -0.3 is 0 Å². The summed E-state index contributed by atoms with van der Waals surface area (Å²) in [6.07, 6.45) is 4.83.